The zero-order valence-electron chi connectivity index (χ0n) is 20.9. The second kappa shape index (κ2) is 10.4. The van der Waals surface area contributed by atoms with Crippen LogP contribution >= 0.6 is 0 Å². The molecule has 10 nitrogen and oxygen atoms in total. The molecule has 0 atom stereocenters. The zero-order chi connectivity index (χ0) is 29.4. The van der Waals surface area contributed by atoms with Gasteiger partial charge in [0, 0.05) is 18.0 Å². The Morgan fingerprint density at radius 1 is 1.07 bits per heavy atom. The van der Waals surface area contributed by atoms with Gasteiger partial charge in [-0.3, -0.25) is 14.6 Å². The maximum atomic E-state index is 15.9. The van der Waals surface area contributed by atoms with Crippen molar-refractivity contribution < 1.29 is 55.2 Å². The smallest absolute Gasteiger partial charge is 0.490 e. The maximum Gasteiger partial charge on any atom is 0.573 e. The van der Waals surface area contributed by atoms with Gasteiger partial charge in [0.1, 0.15) is 29.2 Å². The van der Waals surface area contributed by atoms with Gasteiger partial charge < -0.3 is 34.7 Å². The molecule has 3 aromatic rings. The Balaban J connectivity index is 1.80. The summed E-state index contributed by atoms with van der Waals surface area (Å²) >= 11 is 0. The Morgan fingerprint density at radius 3 is 2.42 bits per heavy atom. The van der Waals surface area contributed by atoms with Crippen molar-refractivity contribution in [3.05, 3.63) is 59.4 Å². The predicted molar refractivity (Wildman–Crippen MR) is 127 cm³/mol. The number of benzene rings is 2. The van der Waals surface area contributed by atoms with Crippen molar-refractivity contribution >= 4 is 17.5 Å². The van der Waals surface area contributed by atoms with E-state index in [1.54, 1.807) is 13.8 Å². The minimum absolute atomic E-state index is 0.00615. The number of hydrogen-bond donors (Lipinski definition) is 2. The molecule has 0 unspecified atom stereocenters. The number of carbonyl (C=O) groups is 2. The van der Waals surface area contributed by atoms with Crippen LogP contribution in [0.5, 0.6) is 34.5 Å². The Kier molecular flexibility index (Phi) is 7.32. The molecule has 40 heavy (non-hydrogen) atoms. The van der Waals surface area contributed by atoms with E-state index >= 15 is 4.39 Å². The Bertz CT molecular complexity index is 1490. The van der Waals surface area contributed by atoms with Gasteiger partial charge in [0.05, 0.1) is 7.11 Å². The summed E-state index contributed by atoms with van der Waals surface area (Å²) in [6.07, 6.45) is -4.03. The number of nitrogens with one attached hydrogen (secondary N) is 1. The fourth-order valence-corrected chi connectivity index (χ4v) is 3.59. The average molecular weight is 569 g/mol. The summed E-state index contributed by atoms with van der Waals surface area (Å²) < 4.78 is 93.9. The number of alkyl halides is 3. The van der Waals surface area contributed by atoms with E-state index in [9.17, 15) is 27.2 Å². The molecule has 0 saturated heterocycles. The topological polar surface area (TPSA) is 131 Å². The number of rotatable bonds is 7. The number of pyridine rings is 1. The summed E-state index contributed by atoms with van der Waals surface area (Å²) in [5, 5.41) is 2.37. The number of halogens is 5. The molecule has 0 radical (unpaired) electrons. The van der Waals surface area contributed by atoms with E-state index in [1.165, 1.54) is 12.3 Å². The lowest BCUT2D eigenvalue weighted by Gasteiger charge is -2.33. The standard InChI is InChI=1S/C25H20F5N3O7/c1-24(2)10-37-16-9-15(38-14-5-4-13(39-25(28,29)30)18(26)20(14)36-3)17(19(27)21(16)40-24)23(35)33-11-6-7-32-12(8-11)22(31)34/h4-9H,10H2,1-3H3,(H2,31,34)(H,32,33,35). The third kappa shape index (κ3) is 5.92. The van der Waals surface area contributed by atoms with Gasteiger partial charge in [-0.2, -0.15) is 4.39 Å². The highest BCUT2D eigenvalue weighted by atomic mass is 19.4. The number of aromatic nitrogens is 1. The van der Waals surface area contributed by atoms with E-state index in [-0.39, 0.29) is 23.7 Å². The van der Waals surface area contributed by atoms with Crippen LogP contribution in [0, 0.1) is 11.6 Å². The molecule has 0 aliphatic carbocycles. The lowest BCUT2D eigenvalue weighted by atomic mass is 10.1. The summed E-state index contributed by atoms with van der Waals surface area (Å²) in [6, 6.07) is 4.99. The number of amides is 2. The van der Waals surface area contributed by atoms with Gasteiger partial charge in [0.2, 0.25) is 11.6 Å². The monoisotopic (exact) mass is 569 g/mol. The molecule has 15 heteroatoms. The molecule has 2 aromatic carbocycles. The molecule has 3 N–H and O–H groups in total. The van der Waals surface area contributed by atoms with E-state index in [4.69, 9.17) is 24.7 Å². The van der Waals surface area contributed by atoms with Crippen LogP contribution in [-0.4, -0.2) is 42.5 Å². The molecule has 212 valence electrons. The molecule has 4 rings (SSSR count). The molecule has 1 aliphatic rings. The van der Waals surface area contributed by atoms with E-state index in [0.717, 1.165) is 25.3 Å². The highest BCUT2D eigenvalue weighted by Gasteiger charge is 2.36. The summed E-state index contributed by atoms with van der Waals surface area (Å²) in [6.45, 7) is 3.21. The van der Waals surface area contributed by atoms with Gasteiger partial charge in [-0.15, -0.1) is 13.2 Å². The first-order valence-electron chi connectivity index (χ1n) is 11.2. The van der Waals surface area contributed by atoms with Gasteiger partial charge in [0.25, 0.3) is 11.8 Å². The zero-order valence-corrected chi connectivity index (χ0v) is 20.9. The number of fused-ring (bicyclic) bond motifs is 1. The predicted octanol–water partition coefficient (Wildman–Crippen LogP) is 4.96. The van der Waals surface area contributed by atoms with Crippen molar-refractivity contribution in [1.82, 2.24) is 4.98 Å². The van der Waals surface area contributed by atoms with Gasteiger partial charge in [0.15, 0.2) is 28.8 Å². The van der Waals surface area contributed by atoms with Crippen LogP contribution in [0.15, 0.2) is 36.5 Å². The van der Waals surface area contributed by atoms with Crippen LogP contribution < -0.4 is 34.7 Å². The first kappa shape index (κ1) is 28.2. The molecule has 1 aromatic heterocycles. The number of anilines is 1. The number of nitrogens with two attached hydrogens (primary N) is 1. The number of hydrogen-bond acceptors (Lipinski definition) is 8. The molecular formula is C25H20F5N3O7. The Morgan fingerprint density at radius 2 is 1.77 bits per heavy atom. The fraction of sp³-hybridized carbons (Fsp3) is 0.240. The Labute approximate surface area is 222 Å². The molecule has 0 fully saturated rings. The SMILES string of the molecule is COc1c(Oc2cc3c(c(F)c2C(=O)Nc2ccnc(C(N)=O)c2)OC(C)(C)CO3)ccc(OC(F)(F)F)c1F. The lowest BCUT2D eigenvalue weighted by Crippen LogP contribution is -2.39. The van der Waals surface area contributed by atoms with Crippen molar-refractivity contribution in [3.8, 4) is 34.5 Å². The summed E-state index contributed by atoms with van der Waals surface area (Å²) in [5.41, 5.74) is 3.28. The number of carbonyl (C=O) groups excluding carboxylic acids is 2. The molecule has 2 heterocycles. The van der Waals surface area contributed by atoms with E-state index < -0.39 is 69.7 Å². The fourth-order valence-electron chi connectivity index (χ4n) is 3.59. The number of primary amides is 1. The van der Waals surface area contributed by atoms with Crippen LogP contribution in [0.25, 0.3) is 0 Å². The number of nitrogens with zero attached hydrogens (tertiary/aromatic N) is 1. The summed E-state index contributed by atoms with van der Waals surface area (Å²) in [7, 11) is 0.947. The largest absolute Gasteiger partial charge is 0.573 e. The van der Waals surface area contributed by atoms with Crippen LogP contribution in [0.3, 0.4) is 0 Å². The lowest BCUT2D eigenvalue weighted by molar-refractivity contribution is -0.275. The average Bonchev–Trinajstić information content (AvgIpc) is 2.85. The van der Waals surface area contributed by atoms with Crippen molar-refractivity contribution in [1.29, 1.82) is 0 Å². The normalized spacial score (nSPS) is 13.8. The summed E-state index contributed by atoms with van der Waals surface area (Å²) in [5.74, 6) is -8.49. The van der Waals surface area contributed by atoms with Gasteiger partial charge >= 0.3 is 6.36 Å². The van der Waals surface area contributed by atoms with Gasteiger partial charge in [-0.1, -0.05) is 0 Å². The van der Waals surface area contributed by atoms with Crippen molar-refractivity contribution in [2.24, 2.45) is 5.73 Å². The minimum atomic E-state index is -5.20. The van der Waals surface area contributed by atoms with Gasteiger partial charge in [-0.05, 0) is 38.1 Å². The van der Waals surface area contributed by atoms with E-state index in [0.29, 0.717) is 6.07 Å². The van der Waals surface area contributed by atoms with E-state index in [2.05, 4.69) is 15.0 Å². The third-order valence-corrected chi connectivity index (χ3v) is 5.28. The van der Waals surface area contributed by atoms with Crippen molar-refractivity contribution in [2.45, 2.75) is 25.8 Å². The van der Waals surface area contributed by atoms with Crippen LogP contribution in [0.1, 0.15) is 34.7 Å². The van der Waals surface area contributed by atoms with Crippen molar-refractivity contribution in [3.63, 3.8) is 0 Å². The van der Waals surface area contributed by atoms with Crippen LogP contribution in [0.2, 0.25) is 0 Å². The Hall–Kier alpha value is -4.82. The van der Waals surface area contributed by atoms with E-state index in [1.807, 2.05) is 0 Å². The maximum absolute atomic E-state index is 15.9. The minimum Gasteiger partial charge on any atom is -0.490 e. The van der Waals surface area contributed by atoms with Crippen LogP contribution in [-0.2, 0) is 0 Å². The molecule has 1 aliphatic heterocycles. The van der Waals surface area contributed by atoms with Gasteiger partial charge in [-0.25, -0.2) is 4.39 Å². The molecule has 0 spiro atoms. The first-order chi connectivity index (χ1) is 18.7. The molecule has 0 bridgehead atoms. The van der Waals surface area contributed by atoms with Crippen LogP contribution in [0.4, 0.5) is 27.6 Å². The third-order valence-electron chi connectivity index (χ3n) is 5.28. The quantitative estimate of drug-likeness (QED) is 0.382. The number of methoxy groups -OCH3 is 1. The second-order valence-corrected chi connectivity index (χ2v) is 8.85. The van der Waals surface area contributed by atoms with Crippen molar-refractivity contribution in [2.75, 3.05) is 19.0 Å². The highest BCUT2D eigenvalue weighted by Crippen LogP contribution is 2.46. The highest BCUT2D eigenvalue weighted by molar-refractivity contribution is 6.07. The molecule has 0 saturated carbocycles. The molecule has 2 amide bonds. The second-order valence-electron chi connectivity index (χ2n) is 8.85. The summed E-state index contributed by atoms with van der Waals surface area (Å²) in [4.78, 5) is 28.5. The molecular weight excluding hydrogens is 549 g/mol. The first-order valence-corrected chi connectivity index (χ1v) is 11.2. The number of ether oxygens (including phenoxy) is 5.